The average Bonchev–Trinajstić information content (AvgIpc) is 3.17. The van der Waals surface area contributed by atoms with Crippen LogP contribution in [0, 0.1) is 5.92 Å². The van der Waals surface area contributed by atoms with E-state index in [0.29, 0.717) is 5.76 Å². The molecule has 2 aliphatic carbocycles. The Hall–Kier alpha value is -1.89. The summed E-state index contributed by atoms with van der Waals surface area (Å²) in [6.07, 6.45) is 8.66. The number of hydrogen-bond acceptors (Lipinski definition) is 3. The smallest absolute Gasteiger partial charge is 0.431 e. The van der Waals surface area contributed by atoms with Gasteiger partial charge in [-0.1, -0.05) is 53.6 Å². The number of nitrogens with zero attached hydrogens (tertiary/aromatic N) is 2. The van der Waals surface area contributed by atoms with Crippen molar-refractivity contribution in [2.75, 3.05) is 11.6 Å². The summed E-state index contributed by atoms with van der Waals surface area (Å²) in [5.74, 6) is 0.843. The maximum atomic E-state index is 13.4. The first-order chi connectivity index (χ1) is 15.2. The van der Waals surface area contributed by atoms with E-state index in [1.54, 1.807) is 18.2 Å². The monoisotopic (exact) mass is 502 g/mol. The van der Waals surface area contributed by atoms with Crippen LogP contribution in [-0.4, -0.2) is 29.9 Å². The molecule has 3 atom stereocenters. The molecule has 0 bridgehead atoms. The molecule has 3 aliphatic rings. The zero-order valence-corrected chi connectivity index (χ0v) is 19.1. The number of halogens is 6. The summed E-state index contributed by atoms with van der Waals surface area (Å²) in [6.45, 7) is 0.00198. The van der Waals surface area contributed by atoms with Crippen LogP contribution in [0.4, 0.5) is 18.9 Å². The van der Waals surface area contributed by atoms with E-state index in [1.165, 1.54) is 10.6 Å². The molecule has 0 saturated heterocycles. The summed E-state index contributed by atoms with van der Waals surface area (Å²) in [5, 5.41) is 5.50. The first-order valence-corrected chi connectivity index (χ1v) is 11.3. The highest BCUT2D eigenvalue weighted by Gasteiger charge is 2.44. The van der Waals surface area contributed by atoms with Crippen LogP contribution in [0.15, 0.2) is 71.1 Å². The quantitative estimate of drug-likeness (QED) is 0.390. The van der Waals surface area contributed by atoms with E-state index in [-0.39, 0.29) is 40.1 Å². The third kappa shape index (κ3) is 5.19. The Morgan fingerprint density at radius 2 is 1.81 bits per heavy atom. The van der Waals surface area contributed by atoms with Crippen molar-refractivity contribution in [3.63, 3.8) is 0 Å². The van der Waals surface area contributed by atoms with E-state index in [9.17, 15) is 13.2 Å². The third-order valence-corrected chi connectivity index (χ3v) is 6.44. The van der Waals surface area contributed by atoms with Crippen molar-refractivity contribution < 1.29 is 17.9 Å². The van der Waals surface area contributed by atoms with Gasteiger partial charge in [0.2, 0.25) is 0 Å². The summed E-state index contributed by atoms with van der Waals surface area (Å²) >= 11 is 18.5. The second-order valence-electron chi connectivity index (χ2n) is 7.75. The number of rotatable bonds is 5. The molecule has 0 amide bonds. The molecule has 1 heterocycles. The van der Waals surface area contributed by atoms with Gasteiger partial charge in [0, 0.05) is 12.3 Å². The van der Waals surface area contributed by atoms with Gasteiger partial charge in [0.1, 0.15) is 18.1 Å². The van der Waals surface area contributed by atoms with Crippen LogP contribution in [-0.2, 0) is 4.74 Å². The predicted molar refractivity (Wildman–Crippen MR) is 124 cm³/mol. The van der Waals surface area contributed by atoms with Crippen molar-refractivity contribution in [1.82, 2.24) is 0 Å². The standard InChI is InChI=1S/C23H20Cl3F3N2O/c24-16-8-4-14(5-9-16)15-6-10-18(11-7-15)32-13-17-12-21(23(27,28)29)30-31(17)22-19(25)2-1-3-20(22)26/h1-6,8,10-11,15-17H,7,9,12-13H2. The number of alkyl halides is 4. The van der Waals surface area contributed by atoms with Gasteiger partial charge in [-0.05, 0) is 42.7 Å². The Morgan fingerprint density at radius 1 is 1.06 bits per heavy atom. The maximum absolute atomic E-state index is 13.4. The van der Waals surface area contributed by atoms with E-state index < -0.39 is 17.9 Å². The van der Waals surface area contributed by atoms with Crippen LogP contribution in [0.1, 0.15) is 19.3 Å². The normalized spacial score (nSPS) is 25.5. The summed E-state index contributed by atoms with van der Waals surface area (Å²) in [6, 6.07) is 4.06. The molecule has 1 aromatic carbocycles. The molecule has 0 saturated carbocycles. The topological polar surface area (TPSA) is 24.8 Å². The Morgan fingerprint density at radius 3 is 2.41 bits per heavy atom. The minimum absolute atomic E-state index is 0.00198. The molecule has 3 unspecified atom stereocenters. The molecule has 9 heteroatoms. The van der Waals surface area contributed by atoms with Crippen LogP contribution in [0.2, 0.25) is 10.0 Å². The molecular weight excluding hydrogens is 484 g/mol. The molecule has 1 aliphatic heterocycles. The van der Waals surface area contributed by atoms with Crippen LogP contribution in [0.5, 0.6) is 0 Å². The van der Waals surface area contributed by atoms with Gasteiger partial charge in [0.25, 0.3) is 0 Å². The molecule has 0 radical (unpaired) electrons. The summed E-state index contributed by atoms with van der Waals surface area (Å²) in [7, 11) is 0. The molecule has 0 spiro atoms. The molecule has 4 rings (SSSR count). The van der Waals surface area contributed by atoms with Gasteiger partial charge in [0.15, 0.2) is 0 Å². The molecule has 170 valence electrons. The van der Waals surface area contributed by atoms with Crippen LogP contribution < -0.4 is 5.01 Å². The van der Waals surface area contributed by atoms with Gasteiger partial charge in [-0.3, -0.25) is 5.01 Å². The zero-order chi connectivity index (χ0) is 22.9. The molecule has 32 heavy (non-hydrogen) atoms. The Balaban J connectivity index is 1.44. The van der Waals surface area contributed by atoms with Gasteiger partial charge >= 0.3 is 6.18 Å². The molecule has 0 aromatic heterocycles. The van der Waals surface area contributed by atoms with E-state index in [2.05, 4.69) is 11.2 Å². The van der Waals surface area contributed by atoms with Crippen molar-refractivity contribution in [2.45, 2.75) is 36.9 Å². The highest BCUT2D eigenvalue weighted by atomic mass is 35.5. The first kappa shape index (κ1) is 23.3. The maximum Gasteiger partial charge on any atom is 0.431 e. The van der Waals surface area contributed by atoms with Crippen molar-refractivity contribution in [3.8, 4) is 0 Å². The molecule has 0 fully saturated rings. The van der Waals surface area contributed by atoms with Crippen LogP contribution >= 0.6 is 34.8 Å². The summed E-state index contributed by atoms with van der Waals surface area (Å²) in [5.41, 5.74) is 0.557. The molecule has 1 aromatic rings. The minimum atomic E-state index is -4.54. The molecule has 0 N–H and O–H groups in total. The fraction of sp³-hybridized carbons (Fsp3) is 0.348. The number of benzene rings is 1. The average molecular weight is 504 g/mol. The van der Waals surface area contributed by atoms with Crippen LogP contribution in [0.3, 0.4) is 0 Å². The summed E-state index contributed by atoms with van der Waals surface area (Å²) in [4.78, 5) is 0. The van der Waals surface area contributed by atoms with E-state index >= 15 is 0 Å². The van der Waals surface area contributed by atoms with Gasteiger partial charge in [0.05, 0.1) is 27.2 Å². The Labute approximate surface area is 199 Å². The fourth-order valence-corrected chi connectivity index (χ4v) is 4.57. The number of para-hydroxylation sites is 1. The van der Waals surface area contributed by atoms with Gasteiger partial charge in [-0.2, -0.15) is 18.3 Å². The number of anilines is 1. The third-order valence-electron chi connectivity index (χ3n) is 5.51. The highest BCUT2D eigenvalue weighted by Crippen LogP contribution is 2.39. The molecule has 3 nitrogen and oxygen atoms in total. The lowest BCUT2D eigenvalue weighted by Crippen LogP contribution is -2.32. The Kier molecular flexibility index (Phi) is 6.94. The van der Waals surface area contributed by atoms with Crippen LogP contribution in [0.25, 0.3) is 0 Å². The van der Waals surface area contributed by atoms with Crippen molar-refractivity contribution in [2.24, 2.45) is 11.0 Å². The Bertz CT molecular complexity index is 1010. The number of allylic oxidation sites excluding steroid dienone is 7. The lowest BCUT2D eigenvalue weighted by molar-refractivity contribution is -0.0601. The van der Waals surface area contributed by atoms with Crippen molar-refractivity contribution in [3.05, 3.63) is 76.0 Å². The largest absolute Gasteiger partial charge is 0.492 e. The van der Waals surface area contributed by atoms with Gasteiger partial charge < -0.3 is 4.74 Å². The molecular formula is C23H20Cl3F3N2O. The SMILES string of the molecule is FC(F)(F)C1=NN(c2c(Cl)cccc2Cl)C(COC2=CCC(C3=CCC(Cl)C=C3)C=C2)C1. The van der Waals surface area contributed by atoms with Gasteiger partial charge in [-0.15, -0.1) is 11.6 Å². The fourth-order valence-electron chi connectivity index (χ4n) is 3.84. The minimum Gasteiger partial charge on any atom is -0.492 e. The number of hydrogen-bond donors (Lipinski definition) is 0. The second-order valence-corrected chi connectivity index (χ2v) is 9.13. The van der Waals surface area contributed by atoms with Crippen molar-refractivity contribution in [1.29, 1.82) is 0 Å². The van der Waals surface area contributed by atoms with Gasteiger partial charge in [-0.25, -0.2) is 0 Å². The lowest BCUT2D eigenvalue weighted by Gasteiger charge is -2.26. The number of hydrazone groups is 1. The van der Waals surface area contributed by atoms with E-state index in [1.807, 2.05) is 30.4 Å². The highest BCUT2D eigenvalue weighted by molar-refractivity contribution is 6.39. The van der Waals surface area contributed by atoms with Crippen molar-refractivity contribution >= 4 is 46.2 Å². The van der Waals surface area contributed by atoms with E-state index in [4.69, 9.17) is 39.5 Å². The predicted octanol–water partition coefficient (Wildman–Crippen LogP) is 7.46. The first-order valence-electron chi connectivity index (χ1n) is 10.1. The lowest BCUT2D eigenvalue weighted by atomic mass is 9.88. The second kappa shape index (κ2) is 9.54. The zero-order valence-electron chi connectivity index (χ0n) is 16.8. The van der Waals surface area contributed by atoms with E-state index in [0.717, 1.165) is 12.8 Å². The number of ether oxygens (including phenoxy) is 1. The summed E-state index contributed by atoms with van der Waals surface area (Å²) < 4.78 is 45.9.